The van der Waals surface area contributed by atoms with E-state index in [1.54, 1.807) is 6.92 Å². The van der Waals surface area contributed by atoms with E-state index >= 15 is 0 Å². The van der Waals surface area contributed by atoms with Crippen LogP contribution in [0.3, 0.4) is 0 Å². The van der Waals surface area contributed by atoms with Crippen LogP contribution in [-0.2, 0) is 0 Å². The monoisotopic (exact) mass is 297 g/mol. The third-order valence-corrected chi connectivity index (χ3v) is 3.20. The van der Waals surface area contributed by atoms with Crippen LogP contribution in [0.4, 0.5) is 5.69 Å². The molecule has 112 valence electrons. The average molecular weight is 297 g/mol. The van der Waals surface area contributed by atoms with Crippen LogP contribution in [0.15, 0.2) is 53.6 Å². The number of benzene rings is 2. The van der Waals surface area contributed by atoms with Gasteiger partial charge >= 0.3 is 0 Å². The Morgan fingerprint density at radius 3 is 2.36 bits per heavy atom. The molecule has 2 rings (SSSR count). The average Bonchev–Trinajstić information content (AvgIpc) is 2.52. The molecule has 0 aliphatic heterocycles. The van der Waals surface area contributed by atoms with Crippen molar-refractivity contribution in [2.45, 2.75) is 13.8 Å². The van der Waals surface area contributed by atoms with Crippen LogP contribution in [0.5, 0.6) is 0 Å². The highest BCUT2D eigenvalue weighted by molar-refractivity contribution is 6.01. The Morgan fingerprint density at radius 1 is 1.14 bits per heavy atom. The highest BCUT2D eigenvalue weighted by Gasteiger charge is 2.09. The van der Waals surface area contributed by atoms with Crippen molar-refractivity contribution in [2.75, 3.05) is 0 Å². The van der Waals surface area contributed by atoms with Gasteiger partial charge in [-0.1, -0.05) is 24.3 Å². The Labute approximate surface area is 127 Å². The number of nitro benzene ring substituents is 1. The molecule has 0 fully saturated rings. The van der Waals surface area contributed by atoms with E-state index in [-0.39, 0.29) is 5.69 Å². The summed E-state index contributed by atoms with van der Waals surface area (Å²) in [5.41, 5.74) is 5.41. The number of aryl methyl sites for hydroxylation is 1. The minimum absolute atomic E-state index is 0.0591. The van der Waals surface area contributed by atoms with Crippen LogP contribution in [0.25, 0.3) is 0 Å². The number of hydrogen-bond donors (Lipinski definition) is 1. The standard InChI is InChI=1S/C16H15N3O3/c1-11-5-3-4-6-15(11)12(2)17-18-16(20)13-7-9-14(10-8-13)19(21)22/h3-10H,1-2H3,(H,18,20)/b17-12-. The molecule has 0 aliphatic rings. The molecule has 6 nitrogen and oxygen atoms in total. The number of carbonyl (C=O) groups is 1. The van der Waals surface area contributed by atoms with Gasteiger partial charge in [-0.05, 0) is 31.5 Å². The quantitative estimate of drug-likeness (QED) is 0.534. The summed E-state index contributed by atoms with van der Waals surface area (Å²) in [5, 5.41) is 14.6. The van der Waals surface area contributed by atoms with E-state index in [9.17, 15) is 14.9 Å². The lowest BCUT2D eigenvalue weighted by Gasteiger charge is -2.05. The Bertz CT molecular complexity index is 737. The molecule has 2 aromatic carbocycles. The van der Waals surface area contributed by atoms with Crippen LogP contribution < -0.4 is 5.43 Å². The van der Waals surface area contributed by atoms with Crippen LogP contribution in [-0.4, -0.2) is 16.5 Å². The molecular weight excluding hydrogens is 282 g/mol. The number of non-ortho nitro benzene ring substituents is 1. The van der Waals surface area contributed by atoms with Crippen LogP contribution in [0.1, 0.15) is 28.4 Å². The lowest BCUT2D eigenvalue weighted by atomic mass is 10.1. The van der Waals surface area contributed by atoms with Crippen molar-refractivity contribution in [1.29, 1.82) is 0 Å². The smallest absolute Gasteiger partial charge is 0.267 e. The largest absolute Gasteiger partial charge is 0.271 e. The van der Waals surface area contributed by atoms with E-state index < -0.39 is 10.8 Å². The number of amides is 1. The molecule has 22 heavy (non-hydrogen) atoms. The lowest BCUT2D eigenvalue weighted by molar-refractivity contribution is -0.384. The predicted molar refractivity (Wildman–Crippen MR) is 84.0 cm³/mol. The number of nitrogens with one attached hydrogen (secondary N) is 1. The first-order valence-electron chi connectivity index (χ1n) is 6.64. The Morgan fingerprint density at radius 2 is 1.77 bits per heavy atom. The zero-order valence-corrected chi connectivity index (χ0v) is 12.2. The van der Waals surface area contributed by atoms with Gasteiger partial charge in [0.25, 0.3) is 11.6 Å². The third-order valence-electron chi connectivity index (χ3n) is 3.20. The van der Waals surface area contributed by atoms with E-state index in [1.807, 2.05) is 31.2 Å². The molecule has 2 aromatic rings. The van der Waals surface area contributed by atoms with E-state index in [4.69, 9.17) is 0 Å². The van der Waals surface area contributed by atoms with Crippen LogP contribution >= 0.6 is 0 Å². The topological polar surface area (TPSA) is 84.6 Å². The lowest BCUT2D eigenvalue weighted by Crippen LogP contribution is -2.19. The maximum absolute atomic E-state index is 12.0. The molecule has 0 aromatic heterocycles. The van der Waals surface area contributed by atoms with Crippen molar-refractivity contribution in [3.8, 4) is 0 Å². The summed E-state index contributed by atoms with van der Waals surface area (Å²) >= 11 is 0. The van der Waals surface area contributed by atoms with Crippen LogP contribution in [0.2, 0.25) is 0 Å². The zero-order valence-electron chi connectivity index (χ0n) is 12.2. The van der Waals surface area contributed by atoms with E-state index in [2.05, 4.69) is 10.5 Å². The minimum atomic E-state index is -0.512. The molecule has 0 radical (unpaired) electrons. The second-order valence-electron chi connectivity index (χ2n) is 4.76. The first-order valence-corrected chi connectivity index (χ1v) is 6.64. The predicted octanol–water partition coefficient (Wildman–Crippen LogP) is 3.06. The van der Waals surface area contributed by atoms with Gasteiger partial charge in [-0.25, -0.2) is 5.43 Å². The normalized spacial score (nSPS) is 11.1. The van der Waals surface area contributed by atoms with E-state index in [1.165, 1.54) is 24.3 Å². The molecule has 0 unspecified atom stereocenters. The molecule has 0 aliphatic carbocycles. The number of nitrogens with zero attached hydrogens (tertiary/aromatic N) is 2. The molecule has 0 saturated carbocycles. The van der Waals surface area contributed by atoms with Gasteiger partial charge in [0.05, 0.1) is 10.6 Å². The van der Waals surface area contributed by atoms with Gasteiger partial charge in [0.15, 0.2) is 0 Å². The summed E-state index contributed by atoms with van der Waals surface area (Å²) < 4.78 is 0. The van der Waals surface area contributed by atoms with Gasteiger partial charge in [0.1, 0.15) is 0 Å². The Balaban J connectivity index is 2.10. The van der Waals surface area contributed by atoms with Gasteiger partial charge in [0, 0.05) is 23.3 Å². The maximum atomic E-state index is 12.0. The highest BCUT2D eigenvalue weighted by atomic mass is 16.6. The molecule has 1 amide bonds. The summed E-state index contributed by atoms with van der Waals surface area (Å²) in [6, 6.07) is 13.1. The van der Waals surface area contributed by atoms with Crippen LogP contribution in [0, 0.1) is 17.0 Å². The SMILES string of the molecule is C/C(=N/NC(=O)c1ccc([N+](=O)[O-])cc1)c1ccccc1C. The van der Waals surface area contributed by atoms with E-state index in [0.717, 1.165) is 11.1 Å². The second kappa shape index (κ2) is 6.62. The van der Waals surface area contributed by atoms with Gasteiger partial charge in [0.2, 0.25) is 0 Å². The summed E-state index contributed by atoms with van der Waals surface area (Å²) in [5.74, 6) is -0.414. The number of hydrazone groups is 1. The van der Waals surface area contributed by atoms with Gasteiger partial charge in [-0.15, -0.1) is 0 Å². The number of rotatable bonds is 4. The molecule has 0 saturated heterocycles. The van der Waals surface area contributed by atoms with Crippen molar-refractivity contribution in [2.24, 2.45) is 5.10 Å². The summed E-state index contributed by atoms with van der Waals surface area (Å²) in [6.45, 7) is 3.77. The van der Waals surface area contributed by atoms with Crippen molar-refractivity contribution < 1.29 is 9.72 Å². The van der Waals surface area contributed by atoms with Gasteiger partial charge in [-0.3, -0.25) is 14.9 Å². The molecule has 6 heteroatoms. The molecule has 0 atom stereocenters. The molecule has 1 N–H and O–H groups in total. The van der Waals surface area contributed by atoms with Gasteiger partial charge in [-0.2, -0.15) is 5.10 Å². The fourth-order valence-corrected chi connectivity index (χ4v) is 1.97. The first-order chi connectivity index (χ1) is 10.5. The van der Waals surface area contributed by atoms with Crippen molar-refractivity contribution in [3.63, 3.8) is 0 Å². The summed E-state index contributed by atoms with van der Waals surface area (Å²) in [7, 11) is 0. The summed E-state index contributed by atoms with van der Waals surface area (Å²) in [6.07, 6.45) is 0. The highest BCUT2D eigenvalue weighted by Crippen LogP contribution is 2.12. The van der Waals surface area contributed by atoms with Crippen molar-refractivity contribution in [1.82, 2.24) is 5.43 Å². The number of nitro groups is 1. The Kier molecular flexibility index (Phi) is 4.63. The fraction of sp³-hybridized carbons (Fsp3) is 0.125. The number of carbonyl (C=O) groups excluding carboxylic acids is 1. The Hall–Kier alpha value is -3.02. The van der Waals surface area contributed by atoms with Gasteiger partial charge < -0.3 is 0 Å². The van der Waals surface area contributed by atoms with Crippen molar-refractivity contribution in [3.05, 3.63) is 75.3 Å². The molecule has 0 bridgehead atoms. The second-order valence-corrected chi connectivity index (χ2v) is 4.76. The number of hydrogen-bond acceptors (Lipinski definition) is 4. The minimum Gasteiger partial charge on any atom is -0.267 e. The van der Waals surface area contributed by atoms with Crippen molar-refractivity contribution >= 4 is 17.3 Å². The molecule has 0 heterocycles. The molecular formula is C16H15N3O3. The fourth-order valence-electron chi connectivity index (χ4n) is 1.97. The third kappa shape index (κ3) is 3.54. The maximum Gasteiger partial charge on any atom is 0.271 e. The summed E-state index contributed by atoms with van der Waals surface area (Å²) in [4.78, 5) is 22.0. The molecule has 0 spiro atoms. The first kappa shape index (κ1) is 15.4. The van der Waals surface area contributed by atoms with E-state index in [0.29, 0.717) is 11.3 Å². The zero-order chi connectivity index (χ0) is 16.1.